The quantitative estimate of drug-likeness (QED) is 0.797. The first-order valence-corrected chi connectivity index (χ1v) is 6.73. The Labute approximate surface area is 90.2 Å². The summed E-state index contributed by atoms with van der Waals surface area (Å²) < 4.78 is 23.9. The van der Waals surface area contributed by atoms with Gasteiger partial charge in [0.05, 0.1) is 10.6 Å². The van der Waals surface area contributed by atoms with E-state index in [0.717, 1.165) is 18.4 Å². The average Bonchev–Trinajstić information content (AvgIpc) is 2.86. The molecule has 0 radical (unpaired) electrons. The summed E-state index contributed by atoms with van der Waals surface area (Å²) in [7, 11) is -3.10. The lowest BCUT2D eigenvalue weighted by molar-refractivity contribution is 0.591. The topological polar surface area (TPSA) is 60.2 Å². The standard InChI is InChI=1S/C11H15NO2S/c1-8-6-10(12)4-5-11(8)15(13,14)7-9-2-3-9/h4-6,9H,2-3,7,12H2,1H3. The fourth-order valence-corrected chi connectivity index (χ4v) is 3.66. The van der Waals surface area contributed by atoms with Crippen molar-refractivity contribution in [3.05, 3.63) is 23.8 Å². The molecule has 0 aromatic heterocycles. The lowest BCUT2D eigenvalue weighted by atomic mass is 10.2. The molecular weight excluding hydrogens is 210 g/mol. The van der Waals surface area contributed by atoms with Crippen molar-refractivity contribution >= 4 is 15.5 Å². The van der Waals surface area contributed by atoms with Gasteiger partial charge >= 0.3 is 0 Å². The van der Waals surface area contributed by atoms with E-state index in [4.69, 9.17) is 5.73 Å². The van der Waals surface area contributed by atoms with Crippen LogP contribution in [0, 0.1) is 12.8 Å². The predicted molar refractivity (Wildman–Crippen MR) is 60.4 cm³/mol. The van der Waals surface area contributed by atoms with E-state index in [2.05, 4.69) is 0 Å². The van der Waals surface area contributed by atoms with Crippen molar-refractivity contribution in [1.29, 1.82) is 0 Å². The molecule has 0 heterocycles. The first-order valence-electron chi connectivity index (χ1n) is 5.08. The van der Waals surface area contributed by atoms with Gasteiger partial charge in [-0.25, -0.2) is 8.42 Å². The molecule has 0 bridgehead atoms. The monoisotopic (exact) mass is 225 g/mol. The number of rotatable bonds is 3. The molecule has 2 rings (SSSR count). The van der Waals surface area contributed by atoms with Gasteiger partial charge in [0, 0.05) is 5.69 Å². The Morgan fingerprint density at radius 2 is 2.07 bits per heavy atom. The third kappa shape index (κ3) is 2.31. The Bertz CT molecular complexity index is 475. The van der Waals surface area contributed by atoms with Gasteiger partial charge < -0.3 is 5.73 Å². The molecule has 0 amide bonds. The highest BCUT2D eigenvalue weighted by molar-refractivity contribution is 7.91. The summed E-state index contributed by atoms with van der Waals surface area (Å²) in [6.07, 6.45) is 2.10. The van der Waals surface area contributed by atoms with Crippen molar-refractivity contribution in [2.24, 2.45) is 5.92 Å². The van der Waals surface area contributed by atoms with Crippen LogP contribution in [0.1, 0.15) is 18.4 Å². The highest BCUT2D eigenvalue weighted by Gasteiger charge is 2.29. The molecule has 3 nitrogen and oxygen atoms in total. The Morgan fingerprint density at radius 3 is 2.60 bits per heavy atom. The third-order valence-corrected chi connectivity index (χ3v) is 4.72. The molecule has 82 valence electrons. The van der Waals surface area contributed by atoms with Crippen molar-refractivity contribution in [1.82, 2.24) is 0 Å². The van der Waals surface area contributed by atoms with Gasteiger partial charge in [0.1, 0.15) is 0 Å². The summed E-state index contributed by atoms with van der Waals surface area (Å²) in [5, 5.41) is 0. The van der Waals surface area contributed by atoms with Crippen LogP contribution in [0.15, 0.2) is 23.1 Å². The number of nitrogen functional groups attached to an aromatic ring is 1. The maximum Gasteiger partial charge on any atom is 0.178 e. The Kier molecular flexibility index (Phi) is 2.46. The largest absolute Gasteiger partial charge is 0.399 e. The molecule has 2 N–H and O–H groups in total. The van der Waals surface area contributed by atoms with E-state index >= 15 is 0 Å². The van der Waals surface area contributed by atoms with Gasteiger partial charge in [-0.05, 0) is 49.4 Å². The zero-order valence-corrected chi connectivity index (χ0v) is 9.55. The van der Waals surface area contributed by atoms with Crippen LogP contribution in [0.2, 0.25) is 0 Å². The van der Waals surface area contributed by atoms with E-state index < -0.39 is 9.84 Å². The number of sulfone groups is 1. The van der Waals surface area contributed by atoms with E-state index in [1.807, 2.05) is 0 Å². The summed E-state index contributed by atoms with van der Waals surface area (Å²) in [4.78, 5) is 0.434. The second kappa shape index (κ2) is 3.52. The molecular formula is C11H15NO2S. The molecule has 15 heavy (non-hydrogen) atoms. The number of aryl methyl sites for hydroxylation is 1. The molecule has 1 aromatic carbocycles. The summed E-state index contributed by atoms with van der Waals surface area (Å²) in [5.74, 6) is 0.671. The molecule has 1 aromatic rings. The fourth-order valence-electron chi connectivity index (χ4n) is 1.71. The molecule has 0 aliphatic heterocycles. The SMILES string of the molecule is Cc1cc(N)ccc1S(=O)(=O)CC1CC1. The summed E-state index contributed by atoms with van der Waals surface area (Å²) in [6.45, 7) is 1.79. The van der Waals surface area contributed by atoms with Crippen LogP contribution in [0.5, 0.6) is 0 Å². The molecule has 1 fully saturated rings. The lowest BCUT2D eigenvalue weighted by Gasteiger charge is -2.07. The molecule has 0 spiro atoms. The van der Waals surface area contributed by atoms with E-state index in [9.17, 15) is 8.42 Å². The van der Waals surface area contributed by atoms with Gasteiger partial charge in [-0.15, -0.1) is 0 Å². The molecule has 1 aliphatic carbocycles. The van der Waals surface area contributed by atoms with Crippen molar-refractivity contribution in [3.63, 3.8) is 0 Å². The highest BCUT2D eigenvalue weighted by Crippen LogP contribution is 2.33. The fraction of sp³-hybridized carbons (Fsp3) is 0.455. The molecule has 0 atom stereocenters. The number of hydrogen-bond acceptors (Lipinski definition) is 3. The van der Waals surface area contributed by atoms with Gasteiger partial charge in [0.25, 0.3) is 0 Å². The summed E-state index contributed by atoms with van der Waals surface area (Å²) in [6, 6.07) is 4.97. The van der Waals surface area contributed by atoms with Gasteiger partial charge in [-0.2, -0.15) is 0 Å². The van der Waals surface area contributed by atoms with Crippen molar-refractivity contribution in [3.8, 4) is 0 Å². The van der Waals surface area contributed by atoms with E-state index in [-0.39, 0.29) is 5.75 Å². The van der Waals surface area contributed by atoms with Gasteiger partial charge in [-0.1, -0.05) is 0 Å². The zero-order valence-electron chi connectivity index (χ0n) is 8.73. The Hall–Kier alpha value is -1.03. The van der Waals surface area contributed by atoms with Gasteiger partial charge in [0.15, 0.2) is 9.84 Å². The van der Waals surface area contributed by atoms with Gasteiger partial charge in [-0.3, -0.25) is 0 Å². The number of anilines is 1. The van der Waals surface area contributed by atoms with E-state index in [1.165, 1.54) is 0 Å². The third-order valence-electron chi connectivity index (χ3n) is 2.69. The van der Waals surface area contributed by atoms with Crippen molar-refractivity contribution in [2.75, 3.05) is 11.5 Å². The minimum atomic E-state index is -3.10. The zero-order chi connectivity index (χ0) is 11.1. The number of hydrogen-bond donors (Lipinski definition) is 1. The molecule has 0 saturated heterocycles. The highest BCUT2D eigenvalue weighted by atomic mass is 32.2. The van der Waals surface area contributed by atoms with Crippen LogP contribution < -0.4 is 5.73 Å². The van der Waals surface area contributed by atoms with Crippen LogP contribution >= 0.6 is 0 Å². The maximum atomic E-state index is 12.0. The Morgan fingerprint density at radius 1 is 1.40 bits per heavy atom. The predicted octanol–water partition coefficient (Wildman–Crippen LogP) is 1.76. The van der Waals surface area contributed by atoms with Gasteiger partial charge in [0.2, 0.25) is 0 Å². The molecule has 0 unspecified atom stereocenters. The first-order chi connectivity index (χ1) is 6.99. The number of nitrogens with two attached hydrogens (primary N) is 1. The minimum Gasteiger partial charge on any atom is -0.399 e. The second-order valence-corrected chi connectivity index (χ2v) is 6.25. The average molecular weight is 225 g/mol. The maximum absolute atomic E-state index is 12.0. The molecule has 1 aliphatic rings. The Balaban J connectivity index is 2.34. The first kappa shape index (κ1) is 10.5. The van der Waals surface area contributed by atoms with Crippen LogP contribution in [0.25, 0.3) is 0 Å². The number of benzene rings is 1. The van der Waals surface area contributed by atoms with Crippen LogP contribution in [0.3, 0.4) is 0 Å². The summed E-state index contributed by atoms with van der Waals surface area (Å²) >= 11 is 0. The van der Waals surface area contributed by atoms with Crippen LogP contribution in [0.4, 0.5) is 5.69 Å². The molecule has 1 saturated carbocycles. The normalized spacial score (nSPS) is 16.6. The second-order valence-electron chi connectivity index (χ2n) is 4.25. The summed E-state index contributed by atoms with van der Waals surface area (Å²) in [5.41, 5.74) is 6.94. The van der Waals surface area contributed by atoms with Crippen molar-refractivity contribution < 1.29 is 8.42 Å². The van der Waals surface area contributed by atoms with E-state index in [1.54, 1.807) is 25.1 Å². The van der Waals surface area contributed by atoms with E-state index in [0.29, 0.717) is 16.5 Å². The minimum absolute atomic E-state index is 0.289. The van der Waals surface area contributed by atoms with Crippen LogP contribution in [-0.4, -0.2) is 14.2 Å². The smallest absolute Gasteiger partial charge is 0.178 e. The molecule has 4 heteroatoms. The lowest BCUT2D eigenvalue weighted by Crippen LogP contribution is -2.10. The van der Waals surface area contributed by atoms with Crippen molar-refractivity contribution in [2.45, 2.75) is 24.7 Å². The van der Waals surface area contributed by atoms with Crippen LogP contribution in [-0.2, 0) is 9.84 Å².